The minimum Gasteiger partial charge on any atom is -0.477 e. The SMILES string of the molecule is O=C(O)c1sc(Oc2cc([N+](=O)[O-])ccc2Br)nc1Cl. The molecule has 0 spiro atoms. The lowest BCUT2D eigenvalue weighted by Gasteiger charge is -2.03. The second-order valence-corrected chi connectivity index (χ2v) is 5.55. The van der Waals surface area contributed by atoms with Crippen LogP contribution in [-0.4, -0.2) is 21.0 Å². The Hall–Kier alpha value is -1.71. The van der Waals surface area contributed by atoms with Gasteiger partial charge in [-0.15, -0.1) is 0 Å². The van der Waals surface area contributed by atoms with Crippen LogP contribution in [0.1, 0.15) is 9.67 Å². The largest absolute Gasteiger partial charge is 0.477 e. The summed E-state index contributed by atoms with van der Waals surface area (Å²) in [7, 11) is 0. The van der Waals surface area contributed by atoms with E-state index in [-0.39, 0.29) is 26.7 Å². The quantitative estimate of drug-likeness (QED) is 0.637. The summed E-state index contributed by atoms with van der Waals surface area (Å²) in [6.07, 6.45) is 0. The van der Waals surface area contributed by atoms with Crippen LogP contribution in [0.15, 0.2) is 22.7 Å². The van der Waals surface area contributed by atoms with E-state index in [1.807, 2.05) is 0 Å². The summed E-state index contributed by atoms with van der Waals surface area (Å²) in [6.45, 7) is 0. The maximum atomic E-state index is 10.8. The first-order chi connectivity index (χ1) is 9.38. The van der Waals surface area contributed by atoms with Gasteiger partial charge in [0.25, 0.3) is 10.9 Å². The van der Waals surface area contributed by atoms with Gasteiger partial charge in [-0.1, -0.05) is 22.9 Å². The van der Waals surface area contributed by atoms with E-state index in [9.17, 15) is 14.9 Å². The van der Waals surface area contributed by atoms with E-state index in [2.05, 4.69) is 20.9 Å². The fourth-order valence-corrected chi connectivity index (χ4v) is 2.55. The third-order valence-corrected chi connectivity index (χ3v) is 4.05. The summed E-state index contributed by atoms with van der Waals surface area (Å²) in [5.41, 5.74) is -0.163. The maximum absolute atomic E-state index is 10.8. The van der Waals surface area contributed by atoms with Crippen molar-refractivity contribution in [2.45, 2.75) is 0 Å². The number of nitrogens with zero attached hydrogens (tertiary/aromatic N) is 2. The molecule has 0 unspecified atom stereocenters. The van der Waals surface area contributed by atoms with Crippen LogP contribution in [0.2, 0.25) is 5.15 Å². The summed E-state index contributed by atoms with van der Waals surface area (Å²) in [5.74, 6) is -1.08. The number of thiazole rings is 1. The van der Waals surface area contributed by atoms with Crippen molar-refractivity contribution in [1.29, 1.82) is 0 Å². The fourth-order valence-electron chi connectivity index (χ4n) is 1.24. The monoisotopic (exact) mass is 378 g/mol. The number of rotatable bonds is 4. The van der Waals surface area contributed by atoms with Crippen LogP contribution in [0, 0.1) is 10.1 Å². The van der Waals surface area contributed by atoms with Crippen molar-refractivity contribution in [3.8, 4) is 10.9 Å². The normalized spacial score (nSPS) is 10.3. The third-order valence-electron chi connectivity index (χ3n) is 2.08. The predicted octanol–water partition coefficient (Wildman–Crippen LogP) is 3.96. The van der Waals surface area contributed by atoms with Crippen molar-refractivity contribution in [3.63, 3.8) is 0 Å². The molecular weight excluding hydrogens is 376 g/mol. The van der Waals surface area contributed by atoms with Gasteiger partial charge in [0.2, 0.25) is 0 Å². The number of hydrogen-bond donors (Lipinski definition) is 1. The van der Waals surface area contributed by atoms with Crippen LogP contribution < -0.4 is 4.74 Å². The van der Waals surface area contributed by atoms with E-state index in [4.69, 9.17) is 21.4 Å². The molecule has 0 amide bonds. The lowest BCUT2D eigenvalue weighted by Crippen LogP contribution is -1.91. The number of halogens is 2. The summed E-state index contributed by atoms with van der Waals surface area (Å²) in [5, 5.41) is 19.3. The average Bonchev–Trinajstić information content (AvgIpc) is 2.73. The standard InChI is InChI=1S/C10H4BrClN2O5S/c11-5-2-1-4(14(17)18)3-6(5)19-10-13-8(12)7(20-10)9(15)16/h1-3H,(H,15,16). The van der Waals surface area contributed by atoms with Crippen LogP contribution in [0.25, 0.3) is 0 Å². The summed E-state index contributed by atoms with van der Waals surface area (Å²) in [6, 6.07) is 3.94. The number of aromatic carboxylic acids is 1. The van der Waals surface area contributed by atoms with Crippen molar-refractivity contribution < 1.29 is 19.6 Å². The molecule has 0 saturated heterocycles. The molecule has 104 valence electrons. The van der Waals surface area contributed by atoms with Gasteiger partial charge >= 0.3 is 5.97 Å². The van der Waals surface area contributed by atoms with Crippen LogP contribution >= 0.6 is 38.9 Å². The highest BCUT2D eigenvalue weighted by Gasteiger charge is 2.18. The third kappa shape index (κ3) is 3.06. The highest BCUT2D eigenvalue weighted by atomic mass is 79.9. The zero-order valence-corrected chi connectivity index (χ0v) is 12.5. The highest BCUT2D eigenvalue weighted by molar-refractivity contribution is 9.10. The van der Waals surface area contributed by atoms with Gasteiger partial charge in [0.1, 0.15) is 0 Å². The molecule has 0 bridgehead atoms. The average molecular weight is 380 g/mol. The Morgan fingerprint density at radius 1 is 1.55 bits per heavy atom. The molecule has 10 heteroatoms. The molecule has 0 saturated carbocycles. The topological polar surface area (TPSA) is 103 Å². The Morgan fingerprint density at radius 3 is 2.80 bits per heavy atom. The smallest absolute Gasteiger partial charge is 0.349 e. The van der Waals surface area contributed by atoms with Crippen LogP contribution in [0.3, 0.4) is 0 Å². The number of carboxylic acids is 1. The van der Waals surface area contributed by atoms with Gasteiger partial charge < -0.3 is 9.84 Å². The van der Waals surface area contributed by atoms with Crippen LogP contribution in [0.5, 0.6) is 10.9 Å². The zero-order chi connectivity index (χ0) is 14.9. The van der Waals surface area contributed by atoms with Gasteiger partial charge in [0, 0.05) is 6.07 Å². The molecule has 20 heavy (non-hydrogen) atoms. The first kappa shape index (κ1) is 14.7. The lowest BCUT2D eigenvalue weighted by atomic mass is 10.3. The number of carbonyl (C=O) groups is 1. The van der Waals surface area contributed by atoms with Gasteiger partial charge in [-0.25, -0.2) is 4.79 Å². The Morgan fingerprint density at radius 2 is 2.25 bits per heavy atom. The Balaban J connectivity index is 2.34. The summed E-state index contributed by atoms with van der Waals surface area (Å²) < 4.78 is 5.78. The highest BCUT2D eigenvalue weighted by Crippen LogP contribution is 2.36. The Bertz CT molecular complexity index is 705. The first-order valence-electron chi connectivity index (χ1n) is 4.90. The summed E-state index contributed by atoms with van der Waals surface area (Å²) in [4.78, 5) is 24.5. The predicted molar refractivity (Wildman–Crippen MR) is 75.0 cm³/mol. The number of carboxylic acid groups (broad SMARTS) is 1. The molecule has 0 atom stereocenters. The van der Waals surface area contributed by atoms with Crippen molar-refractivity contribution in [3.05, 3.63) is 42.8 Å². The molecule has 7 nitrogen and oxygen atoms in total. The molecule has 2 aromatic rings. The van der Waals surface area contributed by atoms with Crippen LogP contribution in [0.4, 0.5) is 5.69 Å². The molecule has 0 aliphatic heterocycles. The minimum absolute atomic E-state index is 0.0198. The number of aromatic nitrogens is 1. The summed E-state index contributed by atoms with van der Waals surface area (Å²) >= 11 is 9.55. The van der Waals surface area contributed by atoms with Gasteiger partial charge in [0.05, 0.1) is 15.5 Å². The fraction of sp³-hybridized carbons (Fsp3) is 0. The van der Waals surface area contributed by atoms with E-state index >= 15 is 0 Å². The zero-order valence-electron chi connectivity index (χ0n) is 9.37. The van der Waals surface area contributed by atoms with Crippen molar-refractivity contribution in [1.82, 2.24) is 4.98 Å². The van der Waals surface area contributed by atoms with E-state index < -0.39 is 10.9 Å². The molecule has 0 radical (unpaired) electrons. The number of benzene rings is 1. The molecule has 1 heterocycles. The first-order valence-corrected chi connectivity index (χ1v) is 6.88. The van der Waals surface area contributed by atoms with E-state index in [0.717, 1.165) is 11.3 Å². The van der Waals surface area contributed by atoms with Crippen molar-refractivity contribution >= 4 is 50.5 Å². The number of nitro groups is 1. The number of non-ortho nitro benzene ring substituents is 1. The molecule has 1 aromatic heterocycles. The molecule has 1 N–H and O–H groups in total. The minimum atomic E-state index is -1.22. The maximum Gasteiger partial charge on any atom is 0.349 e. The van der Waals surface area contributed by atoms with Gasteiger partial charge in [-0.3, -0.25) is 10.1 Å². The van der Waals surface area contributed by atoms with Crippen molar-refractivity contribution in [2.75, 3.05) is 0 Å². The van der Waals surface area contributed by atoms with Gasteiger partial charge in [0.15, 0.2) is 15.8 Å². The lowest BCUT2D eigenvalue weighted by molar-refractivity contribution is -0.384. The molecule has 1 aromatic carbocycles. The number of hydrogen-bond acceptors (Lipinski definition) is 6. The van der Waals surface area contributed by atoms with Gasteiger partial charge in [-0.05, 0) is 22.0 Å². The van der Waals surface area contributed by atoms with Gasteiger partial charge in [-0.2, -0.15) is 4.98 Å². The van der Waals surface area contributed by atoms with Crippen molar-refractivity contribution in [2.24, 2.45) is 0 Å². The second kappa shape index (κ2) is 5.73. The number of ether oxygens (including phenoxy) is 1. The Labute approximate surface area is 129 Å². The molecule has 0 aliphatic rings. The molecule has 0 aliphatic carbocycles. The molecular formula is C10H4BrClN2O5S. The van der Waals surface area contributed by atoms with E-state index in [1.165, 1.54) is 18.2 Å². The number of nitro benzene ring substituents is 1. The second-order valence-electron chi connectivity index (χ2n) is 3.38. The molecule has 0 fully saturated rings. The van der Waals surface area contributed by atoms with E-state index in [0.29, 0.717) is 4.47 Å². The van der Waals surface area contributed by atoms with E-state index in [1.54, 1.807) is 0 Å². The van der Waals surface area contributed by atoms with Crippen LogP contribution in [-0.2, 0) is 0 Å². The Kier molecular flexibility index (Phi) is 4.21. The molecule has 2 rings (SSSR count).